The van der Waals surface area contributed by atoms with E-state index < -0.39 is 0 Å². The van der Waals surface area contributed by atoms with Crippen LogP contribution in [0.1, 0.15) is 50.2 Å². The van der Waals surface area contributed by atoms with E-state index in [1.54, 1.807) is 17.3 Å². The van der Waals surface area contributed by atoms with Crippen molar-refractivity contribution < 1.29 is 0 Å². The van der Waals surface area contributed by atoms with Gasteiger partial charge in [0, 0.05) is 38.9 Å². The van der Waals surface area contributed by atoms with E-state index in [4.69, 9.17) is 4.98 Å². The molecule has 3 aromatic heterocycles. The van der Waals surface area contributed by atoms with Gasteiger partial charge < -0.3 is 4.57 Å². The van der Waals surface area contributed by atoms with Crippen LogP contribution < -0.4 is 0 Å². The molecule has 14 rings (SSSR count). The Morgan fingerprint density at radius 3 is 1.86 bits per heavy atom. The molecule has 0 N–H and O–H groups in total. The highest BCUT2D eigenvalue weighted by molar-refractivity contribution is 6.13. The highest BCUT2D eigenvalue weighted by Crippen LogP contribution is 2.69. The molecule has 6 heteroatoms. The summed E-state index contributed by atoms with van der Waals surface area (Å²) in [6, 6.07) is 48.2. The van der Waals surface area contributed by atoms with Crippen molar-refractivity contribution in [2.45, 2.75) is 44.4 Å². The van der Waals surface area contributed by atoms with Gasteiger partial charge in [-0.25, -0.2) is 15.0 Å². The molecule has 1 spiro atoms. The summed E-state index contributed by atoms with van der Waals surface area (Å²) in [5.41, 5.74) is 15.1. The van der Waals surface area contributed by atoms with Crippen molar-refractivity contribution >= 4 is 68.0 Å². The Kier molecular flexibility index (Phi) is 6.88. The first-order valence-electron chi connectivity index (χ1n) is 21.3. The number of aromatic nitrogens is 4. The molecule has 9 aromatic rings. The summed E-state index contributed by atoms with van der Waals surface area (Å²) in [6.07, 6.45) is 10.3. The zero-order valence-electron chi connectivity index (χ0n) is 33.0. The summed E-state index contributed by atoms with van der Waals surface area (Å²) >= 11 is 0. The van der Waals surface area contributed by atoms with Gasteiger partial charge in [0.1, 0.15) is 6.33 Å². The number of aliphatic imine (C=N–C) groups is 2. The number of benzene rings is 6. The first-order chi connectivity index (χ1) is 29.1. The van der Waals surface area contributed by atoms with Crippen molar-refractivity contribution in [3.05, 3.63) is 145 Å². The fraction of sp³-hybridized carbons (Fsp3) is 0.208. The predicted molar refractivity (Wildman–Crippen MR) is 242 cm³/mol. The average molecular weight is 763 g/mol. The van der Waals surface area contributed by atoms with Crippen molar-refractivity contribution in [1.29, 1.82) is 0 Å². The normalized spacial score (nSPS) is 22.7. The van der Waals surface area contributed by atoms with Crippen LogP contribution in [0.5, 0.6) is 0 Å². The average Bonchev–Trinajstić information content (AvgIpc) is 3.89. The fourth-order valence-corrected chi connectivity index (χ4v) is 13.0. The van der Waals surface area contributed by atoms with Gasteiger partial charge in [-0.2, -0.15) is 0 Å². The van der Waals surface area contributed by atoms with Crippen LogP contribution in [0.4, 0.5) is 11.5 Å². The molecule has 0 atom stereocenters. The van der Waals surface area contributed by atoms with Crippen LogP contribution >= 0.6 is 0 Å². The van der Waals surface area contributed by atoms with Crippen LogP contribution in [0.15, 0.2) is 144 Å². The fourth-order valence-electron chi connectivity index (χ4n) is 13.0. The summed E-state index contributed by atoms with van der Waals surface area (Å²) in [4.78, 5) is 17.9. The minimum absolute atomic E-state index is 0.131. The number of hydrogen-bond acceptors (Lipinski definition) is 4. The van der Waals surface area contributed by atoms with Crippen LogP contribution in [0.2, 0.25) is 0 Å². The molecule has 0 radical (unpaired) electrons. The van der Waals surface area contributed by atoms with Crippen LogP contribution in [-0.2, 0) is 5.41 Å². The van der Waals surface area contributed by atoms with Crippen molar-refractivity contribution in [3.8, 4) is 33.8 Å². The van der Waals surface area contributed by atoms with Crippen molar-refractivity contribution in [2.24, 2.45) is 33.7 Å². The number of para-hydroxylation sites is 2. The van der Waals surface area contributed by atoms with Crippen molar-refractivity contribution in [1.82, 2.24) is 19.1 Å². The molecule has 4 bridgehead atoms. The lowest BCUT2D eigenvalue weighted by atomic mass is 9.43. The molecule has 5 aliphatic carbocycles. The van der Waals surface area contributed by atoms with E-state index in [0.29, 0.717) is 17.3 Å². The molecular weight excluding hydrogens is 721 g/mol. The maximum atomic E-state index is 4.74. The monoisotopic (exact) mass is 762 g/mol. The lowest BCUT2D eigenvalue weighted by Crippen LogP contribution is -2.55. The van der Waals surface area contributed by atoms with Crippen LogP contribution in [-0.4, -0.2) is 32.0 Å². The Morgan fingerprint density at radius 2 is 1.19 bits per heavy atom. The zero-order chi connectivity index (χ0) is 39.0. The molecule has 0 saturated heterocycles. The van der Waals surface area contributed by atoms with Gasteiger partial charge in [0.25, 0.3) is 0 Å². The van der Waals surface area contributed by atoms with Crippen LogP contribution in [0, 0.1) is 23.7 Å². The lowest BCUT2D eigenvalue weighted by Gasteiger charge is -2.61. The number of nitrogens with zero attached hydrogens (tertiary/aromatic N) is 6. The molecule has 0 unspecified atom stereocenters. The number of rotatable bonds is 5. The van der Waals surface area contributed by atoms with Gasteiger partial charge in [-0.05, 0) is 151 Å². The Hall–Kier alpha value is -6.66. The lowest BCUT2D eigenvalue weighted by molar-refractivity contribution is -0.0399. The van der Waals surface area contributed by atoms with Gasteiger partial charge in [-0.15, -0.1) is 0 Å². The first kappa shape index (κ1) is 33.3. The second-order valence-electron chi connectivity index (χ2n) is 17.5. The highest BCUT2D eigenvalue weighted by Gasteiger charge is 2.61. The van der Waals surface area contributed by atoms with Crippen LogP contribution in [0.25, 0.3) is 77.4 Å². The topological polar surface area (TPSA) is 60.4 Å². The zero-order valence-corrected chi connectivity index (χ0v) is 33.0. The van der Waals surface area contributed by atoms with E-state index in [2.05, 4.69) is 158 Å². The molecule has 4 fully saturated rings. The third kappa shape index (κ3) is 4.41. The van der Waals surface area contributed by atoms with E-state index in [9.17, 15) is 0 Å². The van der Waals surface area contributed by atoms with E-state index in [-0.39, 0.29) is 5.41 Å². The summed E-state index contributed by atoms with van der Waals surface area (Å²) in [7, 11) is 0. The van der Waals surface area contributed by atoms with E-state index in [1.807, 2.05) is 6.92 Å². The van der Waals surface area contributed by atoms with Gasteiger partial charge in [-0.3, -0.25) is 9.56 Å². The molecule has 4 saturated carbocycles. The van der Waals surface area contributed by atoms with Crippen molar-refractivity contribution in [3.63, 3.8) is 0 Å². The van der Waals surface area contributed by atoms with Crippen LogP contribution in [0.3, 0.4) is 0 Å². The number of fused-ring (bicyclic) bond motifs is 9. The number of hydrogen-bond donors (Lipinski definition) is 0. The molecule has 3 heterocycles. The SMILES string of the molecule is C=Nc1ncnc(-n2c3ccccc3c3cc(-c4ccc5c(c4)c4ccccc4n5-c4ccc5c(c4)C4(c6ccccc6-5)C5CC6CC(C5)CC4C6)ccc32)c1/N=C\C. The second kappa shape index (κ2) is 12.2. The molecule has 0 aliphatic heterocycles. The maximum absolute atomic E-state index is 4.74. The smallest absolute Gasteiger partial charge is 0.182 e. The molecule has 0 amide bonds. The minimum atomic E-state index is 0.131. The summed E-state index contributed by atoms with van der Waals surface area (Å²) < 4.78 is 4.70. The van der Waals surface area contributed by atoms with Gasteiger partial charge in [-0.1, -0.05) is 78.9 Å². The largest absolute Gasteiger partial charge is 0.309 e. The van der Waals surface area contributed by atoms with E-state index in [0.717, 1.165) is 45.5 Å². The molecular formula is C53H42N6. The first-order valence-corrected chi connectivity index (χ1v) is 21.3. The van der Waals surface area contributed by atoms with E-state index in [1.165, 1.54) is 88.2 Å². The standard InChI is InChI=1S/C53H42N6/c1-3-55-50-51(54-2)56-30-57-52(50)59-47-15-9-6-12-41(47)43-28-34(17-21-49(43)59)33-16-20-48-42(27-33)40-11-5-8-14-46(40)58(48)37-18-19-39-38-10-4-7-13-44(38)53(45(39)29-37)35-23-31-22-32(25-35)26-36(53)24-31/h3-21,27-32,35-36H,2,22-26H2,1H3/b55-3-. The summed E-state index contributed by atoms with van der Waals surface area (Å²) in [5, 5.41) is 4.84. The molecule has 5 aliphatic rings. The van der Waals surface area contributed by atoms with E-state index >= 15 is 0 Å². The minimum Gasteiger partial charge on any atom is -0.309 e. The van der Waals surface area contributed by atoms with Gasteiger partial charge >= 0.3 is 0 Å². The molecule has 284 valence electrons. The van der Waals surface area contributed by atoms with Crippen molar-refractivity contribution in [2.75, 3.05) is 0 Å². The Labute approximate surface area is 342 Å². The summed E-state index contributed by atoms with van der Waals surface area (Å²) in [5.74, 6) is 4.45. The van der Waals surface area contributed by atoms with Gasteiger partial charge in [0.15, 0.2) is 17.3 Å². The maximum Gasteiger partial charge on any atom is 0.182 e. The second-order valence-corrected chi connectivity index (χ2v) is 17.5. The molecule has 6 aromatic carbocycles. The third-order valence-electron chi connectivity index (χ3n) is 14.9. The third-order valence-corrected chi connectivity index (χ3v) is 14.9. The predicted octanol–water partition coefficient (Wildman–Crippen LogP) is 13.1. The Bertz CT molecular complexity index is 3260. The summed E-state index contributed by atoms with van der Waals surface area (Å²) in [6.45, 7) is 5.64. The highest BCUT2D eigenvalue weighted by atomic mass is 15.1. The quantitative estimate of drug-likeness (QED) is 0.164. The van der Waals surface area contributed by atoms with Gasteiger partial charge in [0.2, 0.25) is 0 Å². The van der Waals surface area contributed by atoms with Gasteiger partial charge in [0.05, 0.1) is 22.1 Å². The molecule has 6 nitrogen and oxygen atoms in total. The Morgan fingerprint density at radius 1 is 0.593 bits per heavy atom. The molecule has 59 heavy (non-hydrogen) atoms. The Balaban J connectivity index is 0.974.